The second kappa shape index (κ2) is 7.35. The number of aromatic nitrogens is 3. The zero-order valence-electron chi connectivity index (χ0n) is 13.7. The van der Waals surface area contributed by atoms with Crippen molar-refractivity contribution in [2.75, 3.05) is 11.1 Å². The molecule has 3 aromatic heterocycles. The molecule has 0 spiro atoms. The number of carbonyl (C=O) groups is 1. The van der Waals surface area contributed by atoms with E-state index in [1.165, 1.54) is 23.1 Å². The van der Waals surface area contributed by atoms with Gasteiger partial charge in [-0.3, -0.25) is 9.36 Å². The van der Waals surface area contributed by atoms with Gasteiger partial charge < -0.3 is 9.73 Å². The van der Waals surface area contributed by atoms with Crippen LogP contribution in [0.15, 0.2) is 39.4 Å². The summed E-state index contributed by atoms with van der Waals surface area (Å²) >= 11 is 2.67. The molecule has 4 rings (SSSR count). The summed E-state index contributed by atoms with van der Waals surface area (Å²) < 4.78 is 7.47. The number of furan rings is 1. The van der Waals surface area contributed by atoms with Gasteiger partial charge in [0.05, 0.1) is 24.1 Å². The van der Waals surface area contributed by atoms with Crippen molar-refractivity contribution in [1.82, 2.24) is 14.8 Å². The highest BCUT2D eigenvalue weighted by molar-refractivity contribution is 7.99. The van der Waals surface area contributed by atoms with Crippen LogP contribution in [0.3, 0.4) is 0 Å². The number of nitriles is 1. The summed E-state index contributed by atoms with van der Waals surface area (Å²) in [6.07, 6.45) is 3.89. The Labute approximate surface area is 158 Å². The molecular weight excluding hydrogens is 370 g/mol. The predicted octanol–water partition coefficient (Wildman–Crippen LogP) is 3.46. The van der Waals surface area contributed by atoms with Crippen molar-refractivity contribution in [3.05, 3.63) is 47.0 Å². The molecule has 0 bridgehead atoms. The molecule has 1 N–H and O–H groups in total. The first-order valence-corrected chi connectivity index (χ1v) is 9.97. The second-order valence-corrected chi connectivity index (χ2v) is 7.75. The van der Waals surface area contributed by atoms with Gasteiger partial charge in [0, 0.05) is 5.92 Å². The molecule has 0 unspecified atom stereocenters. The molecule has 3 heterocycles. The number of amides is 1. The van der Waals surface area contributed by atoms with Gasteiger partial charge in [0.1, 0.15) is 22.7 Å². The van der Waals surface area contributed by atoms with Crippen LogP contribution in [0, 0.1) is 11.3 Å². The van der Waals surface area contributed by atoms with Gasteiger partial charge in [-0.15, -0.1) is 21.5 Å². The fourth-order valence-corrected chi connectivity index (χ4v) is 4.04. The van der Waals surface area contributed by atoms with E-state index in [0.29, 0.717) is 28.2 Å². The highest BCUT2D eigenvalue weighted by Crippen LogP contribution is 2.40. The molecule has 1 amide bonds. The van der Waals surface area contributed by atoms with Gasteiger partial charge in [-0.2, -0.15) is 5.26 Å². The van der Waals surface area contributed by atoms with Crippen molar-refractivity contribution in [2.45, 2.75) is 30.5 Å². The zero-order valence-corrected chi connectivity index (χ0v) is 15.3. The molecule has 0 radical (unpaired) electrons. The fourth-order valence-electron chi connectivity index (χ4n) is 2.54. The van der Waals surface area contributed by atoms with Gasteiger partial charge in [-0.05, 0) is 36.4 Å². The third-order valence-electron chi connectivity index (χ3n) is 3.95. The predicted molar refractivity (Wildman–Crippen MR) is 98.2 cm³/mol. The van der Waals surface area contributed by atoms with Crippen molar-refractivity contribution in [1.29, 1.82) is 5.26 Å². The number of carbonyl (C=O) groups excluding carboxylic acids is 1. The van der Waals surface area contributed by atoms with Crippen molar-refractivity contribution in [3.8, 4) is 6.07 Å². The highest BCUT2D eigenvalue weighted by atomic mass is 32.2. The minimum Gasteiger partial charge on any atom is -0.467 e. The van der Waals surface area contributed by atoms with E-state index >= 15 is 0 Å². The third kappa shape index (κ3) is 3.66. The Morgan fingerprint density at radius 3 is 3.08 bits per heavy atom. The lowest BCUT2D eigenvalue weighted by atomic mass is 10.3. The molecule has 7 nitrogen and oxygen atoms in total. The first kappa shape index (κ1) is 16.9. The van der Waals surface area contributed by atoms with Crippen LogP contribution in [0.1, 0.15) is 35.9 Å². The summed E-state index contributed by atoms with van der Waals surface area (Å²) in [7, 11) is 0. The maximum absolute atomic E-state index is 12.2. The third-order valence-corrected chi connectivity index (χ3v) is 5.75. The normalized spacial score (nSPS) is 13.5. The van der Waals surface area contributed by atoms with Gasteiger partial charge in [0.25, 0.3) is 0 Å². The van der Waals surface area contributed by atoms with E-state index in [4.69, 9.17) is 9.68 Å². The standard InChI is InChI=1S/C17H15N5O2S2/c18-8-12-5-7-25-16(12)19-14(23)10-26-17-21-20-15(11-3-4-11)22(17)9-13-2-1-6-24-13/h1-2,5-7,11H,3-4,9-10H2,(H,19,23). The molecule has 0 saturated heterocycles. The molecule has 0 aromatic carbocycles. The van der Waals surface area contributed by atoms with Crippen LogP contribution >= 0.6 is 23.1 Å². The monoisotopic (exact) mass is 385 g/mol. The van der Waals surface area contributed by atoms with Crippen LogP contribution in [-0.2, 0) is 11.3 Å². The average Bonchev–Trinajstić information content (AvgIpc) is 3.03. The molecule has 132 valence electrons. The molecule has 0 aliphatic heterocycles. The first-order valence-electron chi connectivity index (χ1n) is 8.10. The summed E-state index contributed by atoms with van der Waals surface area (Å²) in [5.41, 5.74) is 0.477. The molecule has 1 fully saturated rings. The Morgan fingerprint density at radius 2 is 2.35 bits per heavy atom. The van der Waals surface area contributed by atoms with Gasteiger partial charge in [0.2, 0.25) is 5.91 Å². The lowest BCUT2D eigenvalue weighted by Crippen LogP contribution is -2.14. The summed E-state index contributed by atoms with van der Waals surface area (Å²) in [5.74, 6) is 2.26. The molecule has 3 aromatic rings. The highest BCUT2D eigenvalue weighted by Gasteiger charge is 2.30. The molecule has 1 saturated carbocycles. The van der Waals surface area contributed by atoms with Crippen LogP contribution in [-0.4, -0.2) is 26.4 Å². The van der Waals surface area contributed by atoms with E-state index in [0.717, 1.165) is 24.4 Å². The molecule has 1 aliphatic rings. The Hall–Kier alpha value is -2.57. The lowest BCUT2D eigenvalue weighted by Gasteiger charge is -2.08. The largest absolute Gasteiger partial charge is 0.467 e. The maximum atomic E-state index is 12.2. The van der Waals surface area contributed by atoms with E-state index < -0.39 is 0 Å². The van der Waals surface area contributed by atoms with Crippen molar-refractivity contribution in [2.24, 2.45) is 0 Å². The van der Waals surface area contributed by atoms with Gasteiger partial charge in [0.15, 0.2) is 5.16 Å². The number of thioether (sulfide) groups is 1. The van der Waals surface area contributed by atoms with Gasteiger partial charge >= 0.3 is 0 Å². The van der Waals surface area contributed by atoms with Crippen molar-refractivity contribution >= 4 is 34.0 Å². The minimum absolute atomic E-state index is 0.172. The topological polar surface area (TPSA) is 96.7 Å². The Kier molecular flexibility index (Phi) is 4.77. The Bertz CT molecular complexity index is 950. The Balaban J connectivity index is 1.44. The molecule has 26 heavy (non-hydrogen) atoms. The number of anilines is 1. The maximum Gasteiger partial charge on any atom is 0.235 e. The summed E-state index contributed by atoms with van der Waals surface area (Å²) in [6, 6.07) is 7.52. The van der Waals surface area contributed by atoms with E-state index in [1.807, 2.05) is 16.7 Å². The average molecular weight is 385 g/mol. The lowest BCUT2D eigenvalue weighted by molar-refractivity contribution is -0.113. The fraction of sp³-hybridized carbons (Fsp3) is 0.294. The molecular formula is C17H15N5O2S2. The SMILES string of the molecule is N#Cc1ccsc1NC(=O)CSc1nnc(C2CC2)n1Cc1ccco1. The molecule has 1 aliphatic carbocycles. The number of hydrogen-bond acceptors (Lipinski definition) is 7. The number of rotatable bonds is 7. The summed E-state index contributed by atoms with van der Waals surface area (Å²) in [5, 5.41) is 23.4. The number of hydrogen-bond donors (Lipinski definition) is 1. The van der Waals surface area contributed by atoms with E-state index in [1.54, 1.807) is 17.7 Å². The second-order valence-electron chi connectivity index (χ2n) is 5.89. The first-order chi connectivity index (χ1) is 12.7. The Morgan fingerprint density at radius 1 is 1.46 bits per heavy atom. The van der Waals surface area contributed by atoms with Crippen LogP contribution in [0.25, 0.3) is 0 Å². The van der Waals surface area contributed by atoms with Crippen LogP contribution in [0.4, 0.5) is 5.00 Å². The summed E-state index contributed by atoms with van der Waals surface area (Å²) in [6.45, 7) is 0.555. The van der Waals surface area contributed by atoms with Crippen LogP contribution < -0.4 is 5.32 Å². The van der Waals surface area contributed by atoms with E-state index in [-0.39, 0.29) is 11.7 Å². The van der Waals surface area contributed by atoms with Crippen molar-refractivity contribution in [3.63, 3.8) is 0 Å². The van der Waals surface area contributed by atoms with Crippen LogP contribution in [0.5, 0.6) is 0 Å². The number of nitrogens with one attached hydrogen (secondary N) is 1. The smallest absolute Gasteiger partial charge is 0.235 e. The van der Waals surface area contributed by atoms with Gasteiger partial charge in [-0.1, -0.05) is 11.8 Å². The van der Waals surface area contributed by atoms with E-state index in [2.05, 4.69) is 21.6 Å². The van der Waals surface area contributed by atoms with Gasteiger partial charge in [-0.25, -0.2) is 0 Å². The minimum atomic E-state index is -0.172. The number of nitrogens with zero attached hydrogens (tertiary/aromatic N) is 4. The van der Waals surface area contributed by atoms with Crippen LogP contribution in [0.2, 0.25) is 0 Å². The quantitative estimate of drug-likeness (QED) is 0.626. The zero-order chi connectivity index (χ0) is 17.9. The van der Waals surface area contributed by atoms with Crippen molar-refractivity contribution < 1.29 is 9.21 Å². The summed E-state index contributed by atoms with van der Waals surface area (Å²) in [4.78, 5) is 12.2. The molecule has 0 atom stereocenters. The molecule has 9 heteroatoms. The number of thiophene rings is 1. The van der Waals surface area contributed by atoms with E-state index in [9.17, 15) is 4.79 Å².